The van der Waals surface area contributed by atoms with Crippen molar-refractivity contribution >= 4 is 11.3 Å². The minimum absolute atomic E-state index is 0.258. The minimum atomic E-state index is 0.258. The van der Waals surface area contributed by atoms with Gasteiger partial charge in [0.2, 0.25) is 0 Å². The molecule has 120 valence electrons. The highest BCUT2D eigenvalue weighted by Gasteiger charge is 2.14. The number of nitrogens with one attached hydrogen (secondary N) is 1. The molecule has 0 aliphatic rings. The Balaban J connectivity index is 1.98. The van der Waals surface area contributed by atoms with E-state index in [4.69, 9.17) is 9.47 Å². The number of ether oxygens (including phenoxy) is 2. The average molecular weight is 320 g/mol. The van der Waals surface area contributed by atoms with Crippen molar-refractivity contribution in [3.05, 3.63) is 39.8 Å². The minimum Gasteiger partial charge on any atom is -0.493 e. The van der Waals surface area contributed by atoms with Crippen molar-refractivity contribution in [2.75, 3.05) is 14.2 Å². The summed E-state index contributed by atoms with van der Waals surface area (Å²) < 4.78 is 10.6. The number of hydrogen-bond donors (Lipinski definition) is 1. The molecule has 0 saturated heterocycles. The van der Waals surface area contributed by atoms with E-state index in [1.807, 2.05) is 18.3 Å². The molecule has 1 heterocycles. The highest BCUT2D eigenvalue weighted by atomic mass is 32.1. The molecule has 0 amide bonds. The molecule has 22 heavy (non-hydrogen) atoms. The molecule has 0 spiro atoms. The summed E-state index contributed by atoms with van der Waals surface area (Å²) in [6, 6.07) is 6.67. The predicted molar refractivity (Wildman–Crippen MR) is 91.1 cm³/mol. The third-order valence-corrected chi connectivity index (χ3v) is 4.63. The standard InChI is InChI=1S/C17H24N2O2S/c1-11(19-13(3)17-18-10-12(2)22-17)8-14-6-7-15(20-4)16(9-14)21-5/h6-7,9-11,13,19H,8H2,1-5H3/t11-,13-/m1/s1. The molecule has 2 aromatic rings. The molecule has 1 N–H and O–H groups in total. The van der Waals surface area contributed by atoms with Crippen molar-refractivity contribution in [3.63, 3.8) is 0 Å². The Hall–Kier alpha value is -1.59. The van der Waals surface area contributed by atoms with Crippen LogP contribution >= 0.6 is 11.3 Å². The molecule has 0 radical (unpaired) electrons. The van der Waals surface area contributed by atoms with Gasteiger partial charge in [-0.2, -0.15) is 0 Å². The lowest BCUT2D eigenvalue weighted by Gasteiger charge is -2.19. The summed E-state index contributed by atoms with van der Waals surface area (Å²) in [4.78, 5) is 5.69. The van der Waals surface area contributed by atoms with Gasteiger partial charge in [-0.1, -0.05) is 6.07 Å². The van der Waals surface area contributed by atoms with Gasteiger partial charge in [0.05, 0.1) is 20.3 Å². The van der Waals surface area contributed by atoms with Gasteiger partial charge in [-0.25, -0.2) is 4.98 Å². The highest BCUT2D eigenvalue weighted by Crippen LogP contribution is 2.28. The second-order valence-corrected chi connectivity index (χ2v) is 6.76. The first kappa shape index (κ1) is 16.8. The first-order chi connectivity index (χ1) is 10.5. The maximum atomic E-state index is 5.36. The molecule has 1 aromatic carbocycles. The average Bonchev–Trinajstić information content (AvgIpc) is 2.93. The van der Waals surface area contributed by atoms with Crippen LogP contribution in [-0.2, 0) is 6.42 Å². The van der Waals surface area contributed by atoms with Gasteiger partial charge in [-0.05, 0) is 44.9 Å². The van der Waals surface area contributed by atoms with Gasteiger partial charge >= 0.3 is 0 Å². The maximum Gasteiger partial charge on any atom is 0.160 e. The molecule has 1 aromatic heterocycles. The summed E-state index contributed by atoms with van der Waals surface area (Å²) in [7, 11) is 3.32. The largest absolute Gasteiger partial charge is 0.493 e. The normalized spacial score (nSPS) is 13.7. The molecule has 0 saturated carbocycles. The van der Waals surface area contributed by atoms with E-state index in [1.54, 1.807) is 25.6 Å². The number of hydrogen-bond acceptors (Lipinski definition) is 5. The van der Waals surface area contributed by atoms with Crippen LogP contribution in [0.3, 0.4) is 0 Å². The molecule has 0 fully saturated rings. The second kappa shape index (κ2) is 7.61. The van der Waals surface area contributed by atoms with E-state index in [2.05, 4.69) is 37.1 Å². The van der Waals surface area contributed by atoms with Crippen molar-refractivity contribution < 1.29 is 9.47 Å². The number of rotatable bonds is 7. The lowest BCUT2D eigenvalue weighted by Crippen LogP contribution is -2.30. The van der Waals surface area contributed by atoms with Gasteiger partial charge in [-0.3, -0.25) is 0 Å². The second-order valence-electron chi connectivity index (χ2n) is 5.49. The van der Waals surface area contributed by atoms with Crippen molar-refractivity contribution in [2.24, 2.45) is 0 Å². The smallest absolute Gasteiger partial charge is 0.160 e. The molecular formula is C17H24N2O2S. The fraction of sp³-hybridized carbons (Fsp3) is 0.471. The van der Waals surface area contributed by atoms with Crippen LogP contribution < -0.4 is 14.8 Å². The van der Waals surface area contributed by atoms with Gasteiger partial charge in [0.25, 0.3) is 0 Å². The zero-order valence-electron chi connectivity index (χ0n) is 13.8. The molecule has 4 nitrogen and oxygen atoms in total. The topological polar surface area (TPSA) is 43.4 Å². The molecule has 0 aliphatic heterocycles. The molecule has 2 rings (SSSR count). The van der Waals surface area contributed by atoms with Gasteiger partial charge in [0.15, 0.2) is 11.5 Å². The molecule has 2 atom stereocenters. The van der Waals surface area contributed by atoms with Gasteiger partial charge in [0.1, 0.15) is 5.01 Å². The third-order valence-electron chi connectivity index (χ3n) is 3.53. The summed E-state index contributed by atoms with van der Waals surface area (Å²) in [5.74, 6) is 1.54. The number of benzene rings is 1. The quantitative estimate of drug-likeness (QED) is 0.844. The number of thiazole rings is 1. The van der Waals surface area contributed by atoms with E-state index in [0.717, 1.165) is 22.9 Å². The number of aromatic nitrogens is 1. The Kier molecular flexibility index (Phi) is 5.80. The monoisotopic (exact) mass is 320 g/mol. The van der Waals surface area contributed by atoms with Crippen molar-refractivity contribution in [1.82, 2.24) is 10.3 Å². The van der Waals surface area contributed by atoms with Crippen LogP contribution in [0.4, 0.5) is 0 Å². The summed E-state index contributed by atoms with van der Waals surface area (Å²) in [6.45, 7) is 6.43. The van der Waals surface area contributed by atoms with Crippen LogP contribution in [0.1, 0.15) is 35.3 Å². The fourth-order valence-corrected chi connectivity index (χ4v) is 3.28. The Morgan fingerprint density at radius 1 is 1.18 bits per heavy atom. The first-order valence-corrected chi connectivity index (χ1v) is 8.24. The number of methoxy groups -OCH3 is 2. The van der Waals surface area contributed by atoms with Crippen LogP contribution in [0.2, 0.25) is 0 Å². The highest BCUT2D eigenvalue weighted by molar-refractivity contribution is 7.11. The van der Waals surface area contributed by atoms with Crippen molar-refractivity contribution in [3.8, 4) is 11.5 Å². The van der Waals surface area contributed by atoms with Crippen LogP contribution in [0.15, 0.2) is 24.4 Å². The van der Waals surface area contributed by atoms with Gasteiger partial charge in [0, 0.05) is 17.1 Å². The van der Waals surface area contributed by atoms with Gasteiger partial charge < -0.3 is 14.8 Å². The maximum absolute atomic E-state index is 5.36. The van der Waals surface area contributed by atoms with E-state index in [9.17, 15) is 0 Å². The molecular weight excluding hydrogens is 296 g/mol. The molecule has 0 aliphatic carbocycles. The van der Waals surface area contributed by atoms with Crippen molar-refractivity contribution in [1.29, 1.82) is 0 Å². The lowest BCUT2D eigenvalue weighted by atomic mass is 10.1. The van der Waals surface area contributed by atoms with Crippen molar-refractivity contribution in [2.45, 2.75) is 39.3 Å². The first-order valence-electron chi connectivity index (χ1n) is 7.42. The molecule has 0 unspecified atom stereocenters. The Morgan fingerprint density at radius 2 is 1.91 bits per heavy atom. The zero-order valence-corrected chi connectivity index (χ0v) is 14.7. The zero-order chi connectivity index (χ0) is 16.1. The van der Waals surface area contributed by atoms with E-state index in [-0.39, 0.29) is 6.04 Å². The van der Waals surface area contributed by atoms with Crippen LogP contribution in [0.25, 0.3) is 0 Å². The Labute approximate surface area is 136 Å². The Morgan fingerprint density at radius 3 is 2.50 bits per heavy atom. The van der Waals surface area contributed by atoms with Crippen LogP contribution in [0, 0.1) is 6.92 Å². The SMILES string of the molecule is COc1ccc(C[C@@H](C)N[C@H](C)c2ncc(C)s2)cc1OC. The summed E-state index contributed by atoms with van der Waals surface area (Å²) in [5, 5.41) is 4.74. The number of aryl methyl sites for hydroxylation is 1. The molecule has 5 heteroatoms. The number of nitrogens with zero attached hydrogens (tertiary/aromatic N) is 1. The van der Waals surface area contributed by atoms with E-state index >= 15 is 0 Å². The summed E-state index contributed by atoms with van der Waals surface area (Å²) in [6.07, 6.45) is 2.85. The summed E-state index contributed by atoms with van der Waals surface area (Å²) in [5.41, 5.74) is 1.22. The van der Waals surface area contributed by atoms with E-state index in [0.29, 0.717) is 6.04 Å². The third kappa shape index (κ3) is 4.21. The predicted octanol–water partition coefficient (Wildman–Crippen LogP) is 3.75. The summed E-state index contributed by atoms with van der Waals surface area (Å²) >= 11 is 1.74. The van der Waals surface area contributed by atoms with E-state index in [1.165, 1.54) is 10.4 Å². The molecule has 0 bridgehead atoms. The van der Waals surface area contributed by atoms with Crippen LogP contribution in [-0.4, -0.2) is 25.2 Å². The van der Waals surface area contributed by atoms with Crippen LogP contribution in [0.5, 0.6) is 11.5 Å². The Bertz CT molecular complexity index is 612. The lowest BCUT2D eigenvalue weighted by molar-refractivity contribution is 0.354. The fourth-order valence-electron chi connectivity index (χ4n) is 2.49. The van der Waals surface area contributed by atoms with E-state index < -0.39 is 0 Å². The van der Waals surface area contributed by atoms with Gasteiger partial charge in [-0.15, -0.1) is 11.3 Å².